The van der Waals surface area contributed by atoms with Crippen molar-refractivity contribution in [2.24, 2.45) is 5.92 Å². The third-order valence-electron chi connectivity index (χ3n) is 4.57. The van der Waals surface area contributed by atoms with Gasteiger partial charge in [-0.05, 0) is 31.8 Å². The van der Waals surface area contributed by atoms with Crippen molar-refractivity contribution in [3.8, 4) is 0 Å². The molecule has 1 aromatic heterocycles. The minimum atomic E-state index is -0.804. The maximum atomic E-state index is 13.7. The number of benzene rings is 1. The standard InChI is InChI=1S/C14H14ClF2N3O/c15-12-8(16)5-9(17)13-11(12)14(19-21-13)18-10-6-20-3-1-7(10)2-4-20/h5,7,10H,1-4,6H2,(H,18,19). The summed E-state index contributed by atoms with van der Waals surface area (Å²) in [6.45, 7) is 3.15. The smallest absolute Gasteiger partial charge is 0.206 e. The molecule has 0 saturated carbocycles. The summed E-state index contributed by atoms with van der Waals surface area (Å²) in [6, 6.07) is 0.927. The number of hydrogen-bond donors (Lipinski definition) is 1. The first-order chi connectivity index (χ1) is 10.1. The summed E-state index contributed by atoms with van der Waals surface area (Å²) in [5.41, 5.74) is -0.106. The van der Waals surface area contributed by atoms with Gasteiger partial charge >= 0.3 is 0 Å². The molecule has 0 radical (unpaired) electrons. The summed E-state index contributed by atoms with van der Waals surface area (Å²) in [6.07, 6.45) is 2.26. The zero-order chi connectivity index (χ0) is 14.6. The molecule has 0 aliphatic carbocycles. The Kier molecular flexibility index (Phi) is 3.04. The lowest BCUT2D eigenvalue weighted by Crippen LogP contribution is -2.53. The fourth-order valence-corrected chi connectivity index (χ4v) is 3.65. The number of halogens is 3. The van der Waals surface area contributed by atoms with Gasteiger partial charge in [0.05, 0.1) is 10.4 Å². The van der Waals surface area contributed by atoms with Crippen LogP contribution in [0.4, 0.5) is 14.6 Å². The Morgan fingerprint density at radius 1 is 1.29 bits per heavy atom. The molecule has 21 heavy (non-hydrogen) atoms. The highest BCUT2D eigenvalue weighted by atomic mass is 35.5. The predicted molar refractivity (Wildman–Crippen MR) is 75.5 cm³/mol. The molecular weight excluding hydrogens is 300 g/mol. The second-order valence-electron chi connectivity index (χ2n) is 5.78. The topological polar surface area (TPSA) is 41.3 Å². The highest BCUT2D eigenvalue weighted by Crippen LogP contribution is 2.36. The van der Waals surface area contributed by atoms with Gasteiger partial charge in [-0.3, -0.25) is 0 Å². The average molecular weight is 314 g/mol. The Labute approximate surface area is 125 Å². The summed E-state index contributed by atoms with van der Waals surface area (Å²) >= 11 is 5.95. The van der Waals surface area contributed by atoms with E-state index in [2.05, 4.69) is 15.4 Å². The highest BCUT2D eigenvalue weighted by Gasteiger charge is 2.35. The van der Waals surface area contributed by atoms with Gasteiger partial charge in [-0.2, -0.15) is 0 Å². The molecule has 0 amide bonds. The lowest BCUT2D eigenvalue weighted by Gasteiger charge is -2.44. The van der Waals surface area contributed by atoms with Crippen LogP contribution in [0.25, 0.3) is 11.0 Å². The van der Waals surface area contributed by atoms with Crippen molar-refractivity contribution in [2.45, 2.75) is 18.9 Å². The van der Waals surface area contributed by atoms with Gasteiger partial charge in [0.1, 0.15) is 5.82 Å². The number of aromatic nitrogens is 1. The second kappa shape index (κ2) is 4.81. The average Bonchev–Trinajstić information content (AvgIpc) is 2.91. The summed E-state index contributed by atoms with van der Waals surface area (Å²) in [7, 11) is 0. The van der Waals surface area contributed by atoms with Gasteiger partial charge in [-0.15, -0.1) is 0 Å². The zero-order valence-corrected chi connectivity index (χ0v) is 12.0. The van der Waals surface area contributed by atoms with Crippen LogP contribution in [0.2, 0.25) is 5.02 Å². The Morgan fingerprint density at radius 3 is 2.71 bits per heavy atom. The number of piperidine rings is 3. The van der Waals surface area contributed by atoms with Crippen molar-refractivity contribution in [3.05, 3.63) is 22.7 Å². The molecular formula is C14H14ClF2N3O. The molecule has 4 nitrogen and oxygen atoms in total. The summed E-state index contributed by atoms with van der Waals surface area (Å²) in [5.74, 6) is -0.714. The van der Waals surface area contributed by atoms with Crippen LogP contribution < -0.4 is 5.32 Å². The van der Waals surface area contributed by atoms with Crippen LogP contribution in [0.15, 0.2) is 10.6 Å². The largest absolute Gasteiger partial charge is 0.362 e. The first-order valence-corrected chi connectivity index (χ1v) is 7.43. The Balaban J connectivity index is 1.71. The van der Waals surface area contributed by atoms with Crippen LogP contribution in [-0.2, 0) is 0 Å². The van der Waals surface area contributed by atoms with Crippen molar-refractivity contribution >= 4 is 28.4 Å². The van der Waals surface area contributed by atoms with Gasteiger partial charge in [-0.25, -0.2) is 8.78 Å². The molecule has 7 heteroatoms. The lowest BCUT2D eigenvalue weighted by molar-refractivity contribution is 0.0973. The van der Waals surface area contributed by atoms with Gasteiger partial charge in [0.25, 0.3) is 0 Å². The predicted octanol–water partition coefficient (Wildman–Crippen LogP) is 3.27. The van der Waals surface area contributed by atoms with E-state index in [0.717, 1.165) is 32.5 Å². The molecule has 2 aromatic rings. The van der Waals surface area contributed by atoms with E-state index < -0.39 is 11.6 Å². The van der Waals surface area contributed by atoms with Crippen molar-refractivity contribution in [3.63, 3.8) is 0 Å². The summed E-state index contributed by atoms with van der Waals surface area (Å²) in [5, 5.41) is 7.14. The van der Waals surface area contributed by atoms with Gasteiger partial charge in [0.15, 0.2) is 11.6 Å². The lowest BCUT2D eigenvalue weighted by atomic mass is 9.84. The van der Waals surface area contributed by atoms with E-state index in [1.807, 2.05) is 0 Å². The monoisotopic (exact) mass is 313 g/mol. The van der Waals surface area contributed by atoms with Gasteiger partial charge in [0.2, 0.25) is 5.58 Å². The number of rotatable bonds is 2. The quantitative estimate of drug-likeness (QED) is 0.864. The molecule has 3 aliphatic rings. The van der Waals surface area contributed by atoms with E-state index in [0.29, 0.717) is 17.8 Å². The second-order valence-corrected chi connectivity index (χ2v) is 6.16. The van der Waals surface area contributed by atoms with E-state index in [1.54, 1.807) is 0 Å². The molecule has 1 N–H and O–H groups in total. The summed E-state index contributed by atoms with van der Waals surface area (Å²) in [4.78, 5) is 2.38. The van der Waals surface area contributed by atoms with Crippen LogP contribution in [-0.4, -0.2) is 35.7 Å². The molecule has 3 fully saturated rings. The van der Waals surface area contributed by atoms with Crippen molar-refractivity contribution < 1.29 is 13.3 Å². The molecule has 4 heterocycles. The molecule has 5 rings (SSSR count). The van der Waals surface area contributed by atoms with Crippen LogP contribution in [0, 0.1) is 17.6 Å². The first-order valence-electron chi connectivity index (χ1n) is 7.05. The molecule has 1 atom stereocenters. The fourth-order valence-electron chi connectivity index (χ4n) is 3.42. The van der Waals surface area contributed by atoms with E-state index in [-0.39, 0.29) is 22.0 Å². The minimum Gasteiger partial charge on any atom is -0.362 e. The van der Waals surface area contributed by atoms with E-state index in [4.69, 9.17) is 16.1 Å². The minimum absolute atomic E-state index is 0.106. The molecule has 112 valence electrons. The van der Waals surface area contributed by atoms with Gasteiger partial charge in [0, 0.05) is 18.7 Å². The Hall–Kier alpha value is -1.40. The Bertz CT molecular complexity index is 697. The van der Waals surface area contributed by atoms with E-state index in [9.17, 15) is 8.78 Å². The number of fused-ring (bicyclic) bond motifs is 4. The van der Waals surface area contributed by atoms with Crippen molar-refractivity contribution in [1.82, 2.24) is 10.1 Å². The van der Waals surface area contributed by atoms with Crippen molar-refractivity contribution in [2.75, 3.05) is 25.0 Å². The van der Waals surface area contributed by atoms with Crippen LogP contribution >= 0.6 is 11.6 Å². The SMILES string of the molecule is Fc1cc(F)c2onc(NC3CN4CCC3CC4)c2c1Cl. The van der Waals surface area contributed by atoms with E-state index in [1.165, 1.54) is 0 Å². The third-order valence-corrected chi connectivity index (χ3v) is 4.94. The maximum absolute atomic E-state index is 13.7. The first kappa shape index (κ1) is 13.3. The number of anilines is 1. The molecule has 3 aliphatic heterocycles. The van der Waals surface area contributed by atoms with Crippen LogP contribution in [0.5, 0.6) is 0 Å². The number of hydrogen-bond acceptors (Lipinski definition) is 4. The molecule has 0 spiro atoms. The van der Waals surface area contributed by atoms with Crippen molar-refractivity contribution in [1.29, 1.82) is 0 Å². The zero-order valence-electron chi connectivity index (χ0n) is 11.2. The molecule has 3 saturated heterocycles. The highest BCUT2D eigenvalue weighted by molar-refractivity contribution is 6.36. The molecule has 2 bridgehead atoms. The number of nitrogens with one attached hydrogen (secondary N) is 1. The maximum Gasteiger partial charge on any atom is 0.206 e. The Morgan fingerprint density at radius 2 is 2.05 bits per heavy atom. The van der Waals surface area contributed by atoms with Crippen LogP contribution in [0.1, 0.15) is 12.8 Å². The molecule has 1 aromatic carbocycles. The van der Waals surface area contributed by atoms with E-state index >= 15 is 0 Å². The van der Waals surface area contributed by atoms with Gasteiger partial charge in [-0.1, -0.05) is 16.8 Å². The van der Waals surface area contributed by atoms with Crippen LogP contribution in [0.3, 0.4) is 0 Å². The van der Waals surface area contributed by atoms with Gasteiger partial charge < -0.3 is 14.7 Å². The molecule has 1 unspecified atom stereocenters. The summed E-state index contributed by atoms with van der Waals surface area (Å²) < 4.78 is 32.3. The fraction of sp³-hybridized carbons (Fsp3) is 0.500. The number of nitrogens with zero attached hydrogens (tertiary/aromatic N) is 2. The third kappa shape index (κ3) is 2.08. The normalized spacial score (nSPS) is 28.2.